The minimum atomic E-state index is -0.605. The quantitative estimate of drug-likeness (QED) is 0.577. The number of carbonyl (C=O) groups is 2. The zero-order valence-corrected chi connectivity index (χ0v) is 8.16. The number of esters is 1. The maximum atomic E-state index is 10.9. The van der Waals surface area contributed by atoms with E-state index in [1.165, 1.54) is 0 Å². The van der Waals surface area contributed by atoms with Crippen molar-refractivity contribution < 1.29 is 14.3 Å². The first kappa shape index (κ1) is 11.9. The highest BCUT2D eigenvalue weighted by atomic mass is 16.5. The molecule has 1 atom stereocenters. The van der Waals surface area contributed by atoms with Gasteiger partial charge >= 0.3 is 5.97 Å². The maximum absolute atomic E-state index is 10.9. The summed E-state index contributed by atoms with van der Waals surface area (Å²) in [5, 5.41) is 2.35. The van der Waals surface area contributed by atoms with Crippen LogP contribution < -0.4 is 11.1 Å². The summed E-state index contributed by atoms with van der Waals surface area (Å²) in [6.07, 6.45) is -0.167. The number of hydrogen-bond acceptors (Lipinski definition) is 4. The minimum absolute atomic E-state index is 0.126. The Bertz CT molecular complexity index is 190. The molecule has 0 fully saturated rings. The molecule has 0 saturated carbocycles. The van der Waals surface area contributed by atoms with Gasteiger partial charge in [-0.2, -0.15) is 0 Å². The summed E-state index contributed by atoms with van der Waals surface area (Å²) in [5.74, 6) is -0.815. The molecule has 0 aliphatic carbocycles. The molecule has 1 amide bonds. The summed E-state index contributed by atoms with van der Waals surface area (Å²) in [4.78, 5) is 21.8. The lowest BCUT2D eigenvalue weighted by atomic mass is 10.3. The third kappa shape index (κ3) is 6.10. The third-order valence-electron chi connectivity index (χ3n) is 1.19. The fourth-order valence-corrected chi connectivity index (χ4v) is 0.625. The summed E-state index contributed by atoms with van der Waals surface area (Å²) in [6, 6.07) is -0.605. The van der Waals surface area contributed by atoms with Crippen LogP contribution in [0.25, 0.3) is 0 Å². The smallest absolute Gasteiger partial charge is 0.325 e. The fourth-order valence-electron chi connectivity index (χ4n) is 0.625. The number of nitrogens with two attached hydrogens (primary N) is 1. The normalized spacial score (nSPS) is 12.4. The molecule has 0 unspecified atom stereocenters. The Kier molecular flexibility index (Phi) is 5.06. The van der Waals surface area contributed by atoms with Crippen LogP contribution in [0, 0.1) is 0 Å². The van der Waals surface area contributed by atoms with Gasteiger partial charge < -0.3 is 15.8 Å². The van der Waals surface area contributed by atoms with Crippen LogP contribution in [-0.4, -0.2) is 30.6 Å². The number of amides is 1. The van der Waals surface area contributed by atoms with Crippen molar-refractivity contribution in [3.05, 3.63) is 0 Å². The van der Waals surface area contributed by atoms with Gasteiger partial charge in [-0.25, -0.2) is 0 Å². The van der Waals surface area contributed by atoms with Gasteiger partial charge in [-0.05, 0) is 20.8 Å². The van der Waals surface area contributed by atoms with E-state index < -0.39 is 12.0 Å². The molecular weight excluding hydrogens is 172 g/mol. The number of hydrogen-bond donors (Lipinski definition) is 2. The number of rotatable bonds is 4. The average Bonchev–Trinajstić information content (AvgIpc) is 1.98. The van der Waals surface area contributed by atoms with Gasteiger partial charge in [0.25, 0.3) is 0 Å². The molecular formula is C8H16N2O3. The van der Waals surface area contributed by atoms with Crippen molar-refractivity contribution >= 4 is 11.9 Å². The molecule has 0 aliphatic heterocycles. The molecule has 13 heavy (non-hydrogen) atoms. The molecule has 76 valence electrons. The second kappa shape index (κ2) is 5.53. The Morgan fingerprint density at radius 1 is 1.38 bits per heavy atom. The molecule has 3 N–H and O–H groups in total. The van der Waals surface area contributed by atoms with Gasteiger partial charge in [-0.15, -0.1) is 0 Å². The maximum Gasteiger partial charge on any atom is 0.325 e. The zero-order valence-electron chi connectivity index (χ0n) is 8.16. The highest BCUT2D eigenvalue weighted by molar-refractivity contribution is 5.85. The van der Waals surface area contributed by atoms with E-state index in [1.54, 1.807) is 20.8 Å². The van der Waals surface area contributed by atoms with Crippen LogP contribution in [0.2, 0.25) is 0 Å². The Morgan fingerprint density at radius 3 is 2.31 bits per heavy atom. The van der Waals surface area contributed by atoms with Gasteiger partial charge in [0.2, 0.25) is 5.91 Å². The van der Waals surface area contributed by atoms with Crippen LogP contribution in [-0.2, 0) is 14.3 Å². The Labute approximate surface area is 77.6 Å². The fraction of sp³-hybridized carbons (Fsp3) is 0.750. The topological polar surface area (TPSA) is 81.4 Å². The van der Waals surface area contributed by atoms with Crippen LogP contribution >= 0.6 is 0 Å². The second-order valence-corrected chi connectivity index (χ2v) is 3.05. The second-order valence-electron chi connectivity index (χ2n) is 3.05. The number of nitrogens with one attached hydrogen (secondary N) is 1. The monoisotopic (exact) mass is 188 g/mol. The van der Waals surface area contributed by atoms with Crippen molar-refractivity contribution in [2.24, 2.45) is 5.73 Å². The molecule has 0 heterocycles. The summed E-state index contributed by atoms with van der Waals surface area (Å²) in [6.45, 7) is 4.90. The van der Waals surface area contributed by atoms with E-state index in [4.69, 9.17) is 10.5 Å². The van der Waals surface area contributed by atoms with E-state index in [9.17, 15) is 9.59 Å². The molecule has 0 saturated heterocycles. The predicted octanol–water partition coefficient (Wildman–Crippen LogP) is -0.599. The molecule has 0 rings (SSSR count). The summed E-state index contributed by atoms with van der Waals surface area (Å²) >= 11 is 0. The molecule has 0 spiro atoms. The summed E-state index contributed by atoms with van der Waals surface area (Å²) in [7, 11) is 0. The lowest BCUT2D eigenvalue weighted by Crippen LogP contribution is -2.41. The van der Waals surface area contributed by atoms with Crippen molar-refractivity contribution in [1.82, 2.24) is 5.32 Å². The first-order valence-corrected chi connectivity index (χ1v) is 4.16. The van der Waals surface area contributed by atoms with Crippen LogP contribution in [0.5, 0.6) is 0 Å². The zero-order chi connectivity index (χ0) is 10.4. The van der Waals surface area contributed by atoms with Gasteiger partial charge in [0.05, 0.1) is 12.1 Å². The molecule has 0 bridgehead atoms. The van der Waals surface area contributed by atoms with Gasteiger partial charge in [0.15, 0.2) is 0 Å². The van der Waals surface area contributed by atoms with Crippen molar-refractivity contribution in [2.45, 2.75) is 32.9 Å². The Morgan fingerprint density at radius 2 is 1.92 bits per heavy atom. The van der Waals surface area contributed by atoms with Crippen LogP contribution in [0.15, 0.2) is 0 Å². The van der Waals surface area contributed by atoms with Crippen LogP contribution in [0.3, 0.4) is 0 Å². The van der Waals surface area contributed by atoms with Crippen molar-refractivity contribution in [3.63, 3.8) is 0 Å². The first-order valence-electron chi connectivity index (χ1n) is 4.16. The summed E-state index contributed by atoms with van der Waals surface area (Å²) < 4.78 is 4.79. The van der Waals surface area contributed by atoms with E-state index in [0.29, 0.717) is 0 Å². The van der Waals surface area contributed by atoms with Crippen LogP contribution in [0.4, 0.5) is 0 Å². The average molecular weight is 188 g/mol. The highest BCUT2D eigenvalue weighted by Crippen LogP contribution is 1.87. The SMILES string of the molecule is CC(C)OC(=O)CNC(=O)[C@H](C)N. The van der Waals surface area contributed by atoms with Gasteiger partial charge in [-0.3, -0.25) is 9.59 Å². The third-order valence-corrected chi connectivity index (χ3v) is 1.19. The molecule has 0 aromatic rings. The Hall–Kier alpha value is -1.10. The first-order chi connectivity index (χ1) is 5.93. The lowest BCUT2D eigenvalue weighted by molar-refractivity contribution is -0.147. The number of carbonyl (C=O) groups excluding carboxylic acids is 2. The van der Waals surface area contributed by atoms with Gasteiger partial charge in [0.1, 0.15) is 6.54 Å². The molecule has 0 aliphatic rings. The predicted molar refractivity (Wildman–Crippen MR) is 47.9 cm³/mol. The largest absolute Gasteiger partial charge is 0.462 e. The van der Waals surface area contributed by atoms with Gasteiger partial charge in [0, 0.05) is 0 Å². The summed E-state index contributed by atoms with van der Waals surface area (Å²) in [5.41, 5.74) is 5.26. The lowest BCUT2D eigenvalue weighted by Gasteiger charge is -2.09. The molecule has 0 aromatic heterocycles. The molecule has 0 aromatic carbocycles. The molecule has 5 heteroatoms. The van der Waals surface area contributed by atoms with E-state index in [-0.39, 0.29) is 18.6 Å². The van der Waals surface area contributed by atoms with E-state index in [2.05, 4.69) is 5.32 Å². The van der Waals surface area contributed by atoms with E-state index in [1.807, 2.05) is 0 Å². The van der Waals surface area contributed by atoms with E-state index >= 15 is 0 Å². The van der Waals surface area contributed by atoms with Crippen molar-refractivity contribution in [3.8, 4) is 0 Å². The van der Waals surface area contributed by atoms with Gasteiger partial charge in [-0.1, -0.05) is 0 Å². The standard InChI is InChI=1S/C8H16N2O3/c1-5(2)13-7(11)4-10-8(12)6(3)9/h5-6H,4,9H2,1-3H3,(H,10,12)/t6-/m0/s1. The molecule has 5 nitrogen and oxygen atoms in total. The molecule has 0 radical (unpaired) electrons. The number of ether oxygens (including phenoxy) is 1. The van der Waals surface area contributed by atoms with E-state index in [0.717, 1.165) is 0 Å². The minimum Gasteiger partial charge on any atom is -0.462 e. The van der Waals surface area contributed by atoms with Crippen LogP contribution in [0.1, 0.15) is 20.8 Å². The van der Waals surface area contributed by atoms with Crippen molar-refractivity contribution in [2.75, 3.05) is 6.54 Å². The Balaban J connectivity index is 3.64. The highest BCUT2D eigenvalue weighted by Gasteiger charge is 2.10. The van der Waals surface area contributed by atoms with Crippen molar-refractivity contribution in [1.29, 1.82) is 0 Å².